The van der Waals surface area contributed by atoms with Gasteiger partial charge in [0.05, 0.1) is 0 Å². The number of carbonyl (C=O) groups is 2. The van der Waals surface area contributed by atoms with E-state index in [4.69, 9.17) is 10.2 Å². The average molecular weight is 350 g/mol. The largest absolute Gasteiger partial charge is 0.479 e. The Kier molecular flexibility index (Phi) is 7.95. The molecular formula is C18H22O7. The molecule has 7 nitrogen and oxygen atoms in total. The van der Waals surface area contributed by atoms with Crippen molar-refractivity contribution in [2.75, 3.05) is 0 Å². The summed E-state index contributed by atoms with van der Waals surface area (Å²) in [5.74, 6) is -2.48. The maximum atomic E-state index is 10.6. The quantitative estimate of drug-likeness (QED) is 0.650. The van der Waals surface area contributed by atoms with Crippen molar-refractivity contribution < 1.29 is 35.5 Å². The number of benzene rings is 2. The Morgan fingerprint density at radius 2 is 0.920 bits per heavy atom. The predicted octanol–water partition coefficient (Wildman–Crippen LogP) is 1.13. The van der Waals surface area contributed by atoms with Crippen LogP contribution in [-0.2, 0) is 20.8 Å². The Hall–Kier alpha value is -2.74. The summed E-state index contributed by atoms with van der Waals surface area (Å²) in [7, 11) is 0. The molecule has 0 amide bonds. The highest BCUT2D eigenvalue weighted by Crippen LogP contribution is 2.20. The van der Waals surface area contributed by atoms with Crippen molar-refractivity contribution in [1.82, 2.24) is 0 Å². The van der Waals surface area contributed by atoms with E-state index in [1.807, 2.05) is 0 Å². The Balaban J connectivity index is 0.000000443. The van der Waals surface area contributed by atoms with E-state index >= 15 is 0 Å². The molecule has 0 aliphatic heterocycles. The summed E-state index contributed by atoms with van der Waals surface area (Å²) in [5.41, 5.74) is -2.81. The Labute approximate surface area is 145 Å². The molecule has 0 aliphatic carbocycles. The van der Waals surface area contributed by atoms with Crippen LogP contribution < -0.4 is 0 Å². The lowest BCUT2D eigenvalue weighted by Crippen LogP contribution is -2.31. The van der Waals surface area contributed by atoms with Gasteiger partial charge in [0.15, 0.2) is 11.2 Å². The lowest BCUT2D eigenvalue weighted by atomic mass is 9.97. The predicted molar refractivity (Wildman–Crippen MR) is 90.9 cm³/mol. The van der Waals surface area contributed by atoms with Crippen molar-refractivity contribution in [3.8, 4) is 0 Å². The SMILES string of the molecule is CC(O)(C(=O)O)c1ccccc1.CC(O)(C(=O)O)c1ccccc1.O. The summed E-state index contributed by atoms with van der Waals surface area (Å²) in [6.45, 7) is 2.51. The maximum absolute atomic E-state index is 10.6. The zero-order valence-corrected chi connectivity index (χ0v) is 13.9. The van der Waals surface area contributed by atoms with Gasteiger partial charge in [-0.2, -0.15) is 0 Å². The smallest absolute Gasteiger partial charge is 0.340 e. The fourth-order valence-electron chi connectivity index (χ4n) is 1.77. The van der Waals surface area contributed by atoms with Crippen LogP contribution in [0.5, 0.6) is 0 Å². The van der Waals surface area contributed by atoms with Gasteiger partial charge in [0, 0.05) is 0 Å². The lowest BCUT2D eigenvalue weighted by Gasteiger charge is -2.17. The molecule has 0 aliphatic rings. The lowest BCUT2D eigenvalue weighted by molar-refractivity contribution is -0.158. The van der Waals surface area contributed by atoms with E-state index in [1.54, 1.807) is 60.7 Å². The first-order valence-electron chi connectivity index (χ1n) is 7.12. The van der Waals surface area contributed by atoms with Crippen molar-refractivity contribution in [2.24, 2.45) is 0 Å². The Morgan fingerprint density at radius 3 is 1.12 bits per heavy atom. The second-order valence-corrected chi connectivity index (χ2v) is 5.49. The number of hydrogen-bond donors (Lipinski definition) is 4. The molecule has 0 bridgehead atoms. The van der Waals surface area contributed by atoms with Gasteiger partial charge in [-0.3, -0.25) is 0 Å². The molecule has 2 aromatic rings. The van der Waals surface area contributed by atoms with E-state index in [1.165, 1.54) is 13.8 Å². The van der Waals surface area contributed by atoms with Crippen molar-refractivity contribution >= 4 is 11.9 Å². The molecule has 2 aromatic carbocycles. The molecule has 25 heavy (non-hydrogen) atoms. The minimum Gasteiger partial charge on any atom is -0.479 e. The van der Waals surface area contributed by atoms with Crippen LogP contribution in [0.15, 0.2) is 60.7 Å². The topological polar surface area (TPSA) is 147 Å². The zero-order valence-electron chi connectivity index (χ0n) is 13.9. The first-order chi connectivity index (χ1) is 11.1. The van der Waals surface area contributed by atoms with Gasteiger partial charge in [-0.25, -0.2) is 9.59 Å². The van der Waals surface area contributed by atoms with E-state index in [2.05, 4.69) is 0 Å². The summed E-state index contributed by atoms with van der Waals surface area (Å²) < 4.78 is 0. The molecule has 0 heterocycles. The first-order valence-corrected chi connectivity index (χ1v) is 7.12. The third-order valence-electron chi connectivity index (χ3n) is 3.50. The number of carboxylic acids is 2. The molecule has 6 N–H and O–H groups in total. The fraction of sp³-hybridized carbons (Fsp3) is 0.222. The van der Waals surface area contributed by atoms with Crippen molar-refractivity contribution in [3.05, 3.63) is 71.8 Å². The summed E-state index contributed by atoms with van der Waals surface area (Å²) in [6.07, 6.45) is 0. The third-order valence-corrected chi connectivity index (χ3v) is 3.50. The van der Waals surface area contributed by atoms with Gasteiger partial charge >= 0.3 is 11.9 Å². The fourth-order valence-corrected chi connectivity index (χ4v) is 1.77. The van der Waals surface area contributed by atoms with Crippen LogP contribution in [0.2, 0.25) is 0 Å². The Bertz CT molecular complexity index is 618. The van der Waals surface area contributed by atoms with Crippen LogP contribution in [0.1, 0.15) is 25.0 Å². The van der Waals surface area contributed by atoms with Crippen LogP contribution in [0.3, 0.4) is 0 Å². The molecule has 2 atom stereocenters. The number of carboxylic acid groups (broad SMARTS) is 2. The number of aliphatic carboxylic acids is 2. The highest BCUT2D eigenvalue weighted by atomic mass is 16.4. The molecule has 0 radical (unpaired) electrons. The van der Waals surface area contributed by atoms with Gasteiger partial charge in [-0.1, -0.05) is 60.7 Å². The van der Waals surface area contributed by atoms with E-state index < -0.39 is 23.1 Å². The van der Waals surface area contributed by atoms with Gasteiger partial charge in [-0.15, -0.1) is 0 Å². The van der Waals surface area contributed by atoms with Crippen LogP contribution >= 0.6 is 0 Å². The molecular weight excluding hydrogens is 328 g/mol. The van der Waals surface area contributed by atoms with Gasteiger partial charge in [-0.05, 0) is 25.0 Å². The molecule has 7 heteroatoms. The van der Waals surface area contributed by atoms with E-state index in [0.717, 1.165) is 0 Å². The van der Waals surface area contributed by atoms with Crippen LogP contribution in [0.25, 0.3) is 0 Å². The summed E-state index contributed by atoms with van der Waals surface area (Å²) >= 11 is 0. The highest BCUT2D eigenvalue weighted by Gasteiger charge is 2.32. The standard InChI is InChI=1S/2C9H10O3.H2O/c2*1-9(12,8(10)11)7-5-3-2-4-6-7;/h2*2-6,12H,1H3,(H,10,11);1H2. The van der Waals surface area contributed by atoms with Crippen molar-refractivity contribution in [2.45, 2.75) is 25.0 Å². The third kappa shape index (κ3) is 5.68. The minimum atomic E-state index is -1.79. The Morgan fingerprint density at radius 1 is 0.680 bits per heavy atom. The first kappa shape index (κ1) is 22.3. The molecule has 0 fully saturated rings. The molecule has 2 unspecified atom stereocenters. The average Bonchev–Trinajstić information content (AvgIpc) is 2.56. The van der Waals surface area contributed by atoms with E-state index in [-0.39, 0.29) is 5.48 Å². The molecule has 0 saturated carbocycles. The van der Waals surface area contributed by atoms with Crippen molar-refractivity contribution in [1.29, 1.82) is 0 Å². The van der Waals surface area contributed by atoms with Gasteiger partial charge < -0.3 is 25.9 Å². The van der Waals surface area contributed by atoms with Gasteiger partial charge in [0.1, 0.15) is 0 Å². The molecule has 0 spiro atoms. The van der Waals surface area contributed by atoms with E-state index in [9.17, 15) is 19.8 Å². The molecule has 0 saturated heterocycles. The summed E-state index contributed by atoms with van der Waals surface area (Å²) in [6, 6.07) is 16.6. The summed E-state index contributed by atoms with van der Waals surface area (Å²) in [4.78, 5) is 21.1. The highest BCUT2D eigenvalue weighted by molar-refractivity contribution is 5.78. The maximum Gasteiger partial charge on any atom is 0.340 e. The minimum absolute atomic E-state index is 0. The van der Waals surface area contributed by atoms with Crippen LogP contribution in [0, 0.1) is 0 Å². The van der Waals surface area contributed by atoms with Crippen LogP contribution in [0.4, 0.5) is 0 Å². The van der Waals surface area contributed by atoms with Gasteiger partial charge in [0.2, 0.25) is 0 Å². The summed E-state index contributed by atoms with van der Waals surface area (Å²) in [5, 5.41) is 36.2. The molecule has 136 valence electrons. The van der Waals surface area contributed by atoms with Gasteiger partial charge in [0.25, 0.3) is 0 Å². The second-order valence-electron chi connectivity index (χ2n) is 5.49. The zero-order chi connectivity index (χ0) is 18.4. The normalized spacial score (nSPS) is 14.6. The number of hydrogen-bond acceptors (Lipinski definition) is 4. The number of rotatable bonds is 4. The molecule has 2 rings (SSSR count). The monoisotopic (exact) mass is 350 g/mol. The van der Waals surface area contributed by atoms with Crippen molar-refractivity contribution in [3.63, 3.8) is 0 Å². The molecule has 0 aromatic heterocycles. The number of aliphatic hydroxyl groups is 2. The van der Waals surface area contributed by atoms with E-state index in [0.29, 0.717) is 11.1 Å². The van der Waals surface area contributed by atoms with Crippen LogP contribution in [-0.4, -0.2) is 37.8 Å². The second kappa shape index (κ2) is 8.93.